The third kappa shape index (κ3) is 3.37. The van der Waals surface area contributed by atoms with Gasteiger partial charge in [-0.25, -0.2) is 9.80 Å². The van der Waals surface area contributed by atoms with Gasteiger partial charge in [-0.3, -0.25) is 19.2 Å². The molecule has 8 heteroatoms. The maximum absolute atomic E-state index is 13.2. The maximum Gasteiger partial charge on any atom is 0.266 e. The second-order valence-electron chi connectivity index (χ2n) is 8.22. The number of halogens is 1. The zero-order chi connectivity index (χ0) is 25.0. The number of imide groups is 2. The SMILES string of the molecule is O=C1c2ccc(Cl)cc2C(=O)N1c1ccc2c(c1)C(=O)N(c1ccc(Oc3ccccc3)cc1)C2=O. The topological polar surface area (TPSA) is 84.0 Å². The van der Waals surface area contributed by atoms with Crippen LogP contribution < -0.4 is 14.5 Å². The van der Waals surface area contributed by atoms with E-state index in [4.69, 9.17) is 16.3 Å². The van der Waals surface area contributed by atoms with E-state index >= 15 is 0 Å². The van der Waals surface area contributed by atoms with Crippen LogP contribution in [0.2, 0.25) is 5.02 Å². The molecule has 0 aromatic heterocycles. The Morgan fingerprint density at radius 2 is 1.00 bits per heavy atom. The number of rotatable bonds is 4. The highest BCUT2D eigenvalue weighted by molar-refractivity contribution is 6.38. The Balaban J connectivity index is 1.28. The van der Waals surface area contributed by atoms with Crippen molar-refractivity contribution in [2.24, 2.45) is 0 Å². The van der Waals surface area contributed by atoms with Crippen molar-refractivity contribution in [3.8, 4) is 11.5 Å². The summed E-state index contributed by atoms with van der Waals surface area (Å²) in [6.07, 6.45) is 0. The van der Waals surface area contributed by atoms with Crippen LogP contribution in [0.15, 0.2) is 91.0 Å². The second kappa shape index (κ2) is 8.18. The number of amides is 4. The summed E-state index contributed by atoms with van der Waals surface area (Å²) in [6.45, 7) is 0. The number of carbonyl (C=O) groups excluding carboxylic acids is 4. The molecule has 0 spiro atoms. The van der Waals surface area contributed by atoms with Crippen molar-refractivity contribution in [3.63, 3.8) is 0 Å². The number of hydrogen-bond acceptors (Lipinski definition) is 5. The van der Waals surface area contributed by atoms with Crippen LogP contribution in [0.4, 0.5) is 11.4 Å². The summed E-state index contributed by atoms with van der Waals surface area (Å²) in [4.78, 5) is 54.2. The Morgan fingerprint density at radius 1 is 0.500 bits per heavy atom. The molecule has 0 saturated carbocycles. The highest BCUT2D eigenvalue weighted by Gasteiger charge is 2.40. The lowest BCUT2D eigenvalue weighted by molar-refractivity contribution is 0.0909. The van der Waals surface area contributed by atoms with Crippen molar-refractivity contribution in [1.82, 2.24) is 0 Å². The Morgan fingerprint density at radius 3 is 1.67 bits per heavy atom. The fourth-order valence-corrected chi connectivity index (χ4v) is 4.51. The first kappa shape index (κ1) is 21.8. The molecule has 0 atom stereocenters. The van der Waals surface area contributed by atoms with Gasteiger partial charge in [0.1, 0.15) is 11.5 Å². The van der Waals surface area contributed by atoms with Crippen molar-refractivity contribution >= 4 is 46.6 Å². The minimum atomic E-state index is -0.548. The van der Waals surface area contributed by atoms with Crippen LogP contribution in [-0.2, 0) is 0 Å². The second-order valence-corrected chi connectivity index (χ2v) is 8.66. The smallest absolute Gasteiger partial charge is 0.266 e. The van der Waals surface area contributed by atoms with Crippen LogP contribution in [0, 0.1) is 0 Å². The summed E-state index contributed by atoms with van der Waals surface area (Å²) in [5.41, 5.74) is 1.29. The Kier molecular flexibility index (Phi) is 4.94. The van der Waals surface area contributed by atoms with Gasteiger partial charge in [-0.05, 0) is 72.8 Å². The molecule has 0 unspecified atom stereocenters. The fourth-order valence-electron chi connectivity index (χ4n) is 4.34. The molecule has 0 radical (unpaired) electrons. The monoisotopic (exact) mass is 494 g/mol. The third-order valence-corrected chi connectivity index (χ3v) is 6.29. The molecule has 2 heterocycles. The fraction of sp³-hybridized carbons (Fsp3) is 0. The lowest BCUT2D eigenvalue weighted by atomic mass is 10.1. The van der Waals surface area contributed by atoms with Crippen molar-refractivity contribution in [2.45, 2.75) is 0 Å². The summed E-state index contributed by atoms with van der Waals surface area (Å²) in [5.74, 6) is -0.890. The zero-order valence-electron chi connectivity index (χ0n) is 18.5. The first-order chi connectivity index (χ1) is 17.4. The number of nitrogens with zero attached hydrogens (tertiary/aromatic N) is 2. The van der Waals surface area contributed by atoms with Gasteiger partial charge in [0.15, 0.2) is 0 Å². The largest absolute Gasteiger partial charge is 0.457 e. The predicted molar refractivity (Wildman–Crippen MR) is 133 cm³/mol. The summed E-state index contributed by atoms with van der Waals surface area (Å²) >= 11 is 5.99. The zero-order valence-corrected chi connectivity index (χ0v) is 19.2. The van der Waals surface area contributed by atoms with Gasteiger partial charge in [-0.15, -0.1) is 0 Å². The number of carbonyl (C=O) groups is 4. The molecule has 4 aromatic rings. The quantitative estimate of drug-likeness (QED) is 0.338. The van der Waals surface area contributed by atoms with Crippen molar-refractivity contribution < 1.29 is 23.9 Å². The van der Waals surface area contributed by atoms with Crippen molar-refractivity contribution in [2.75, 3.05) is 9.80 Å². The number of anilines is 2. The third-order valence-electron chi connectivity index (χ3n) is 6.05. The molecule has 0 N–H and O–H groups in total. The van der Waals surface area contributed by atoms with E-state index in [0.29, 0.717) is 22.2 Å². The van der Waals surface area contributed by atoms with Crippen LogP contribution in [-0.4, -0.2) is 23.6 Å². The number of hydrogen-bond donors (Lipinski definition) is 0. The molecule has 2 aliphatic rings. The van der Waals surface area contributed by atoms with Gasteiger partial charge in [-0.1, -0.05) is 29.8 Å². The maximum atomic E-state index is 13.2. The molecule has 2 aliphatic heterocycles. The highest BCUT2D eigenvalue weighted by atomic mass is 35.5. The molecule has 0 saturated heterocycles. The van der Waals surface area contributed by atoms with E-state index in [9.17, 15) is 19.2 Å². The minimum absolute atomic E-state index is 0.108. The van der Waals surface area contributed by atoms with Gasteiger partial charge in [0.05, 0.1) is 33.6 Å². The van der Waals surface area contributed by atoms with E-state index < -0.39 is 23.6 Å². The van der Waals surface area contributed by atoms with Crippen LogP contribution in [0.3, 0.4) is 0 Å². The molecule has 6 rings (SSSR count). The van der Waals surface area contributed by atoms with Gasteiger partial charge < -0.3 is 4.74 Å². The van der Waals surface area contributed by atoms with Crippen molar-refractivity contribution in [1.29, 1.82) is 0 Å². The first-order valence-corrected chi connectivity index (χ1v) is 11.3. The number of para-hydroxylation sites is 1. The van der Waals surface area contributed by atoms with Crippen molar-refractivity contribution in [3.05, 3.63) is 118 Å². The Bertz CT molecular complexity index is 1600. The standard InChI is InChI=1S/C28H15ClN2O5/c29-16-6-12-21-23(14-16)27(34)31(26(21)33)18-9-13-22-24(15-18)28(35)30(25(22)32)17-7-10-20(11-8-17)36-19-4-2-1-3-5-19/h1-15H. The summed E-state index contributed by atoms with van der Waals surface area (Å²) in [7, 11) is 0. The summed E-state index contributed by atoms with van der Waals surface area (Å²) in [6, 6.07) is 24.6. The average molecular weight is 495 g/mol. The lowest BCUT2D eigenvalue weighted by Crippen LogP contribution is -2.30. The van der Waals surface area contributed by atoms with E-state index in [1.165, 1.54) is 36.4 Å². The molecule has 0 bridgehead atoms. The average Bonchev–Trinajstić information content (AvgIpc) is 3.28. The minimum Gasteiger partial charge on any atom is -0.457 e. The molecular formula is C28H15ClN2O5. The van der Waals surface area contributed by atoms with Crippen LogP contribution in [0.25, 0.3) is 0 Å². The molecular weight excluding hydrogens is 480 g/mol. The number of fused-ring (bicyclic) bond motifs is 2. The van der Waals surface area contributed by atoms with Gasteiger partial charge in [0.25, 0.3) is 23.6 Å². The highest BCUT2D eigenvalue weighted by Crippen LogP contribution is 2.35. The molecule has 0 aliphatic carbocycles. The normalized spacial score (nSPS) is 14.4. The molecule has 174 valence electrons. The number of benzene rings is 4. The van der Waals surface area contributed by atoms with Crippen LogP contribution in [0.5, 0.6) is 11.5 Å². The Hall–Kier alpha value is -4.75. The predicted octanol–water partition coefficient (Wildman–Crippen LogP) is 5.73. The van der Waals surface area contributed by atoms with Crippen LogP contribution in [0.1, 0.15) is 41.4 Å². The van der Waals surface area contributed by atoms with E-state index in [-0.39, 0.29) is 27.9 Å². The van der Waals surface area contributed by atoms with Gasteiger partial charge >= 0.3 is 0 Å². The van der Waals surface area contributed by atoms with Gasteiger partial charge in [0, 0.05) is 5.02 Å². The summed E-state index contributed by atoms with van der Waals surface area (Å²) < 4.78 is 5.77. The lowest BCUT2D eigenvalue weighted by Gasteiger charge is -2.15. The van der Waals surface area contributed by atoms with E-state index in [0.717, 1.165) is 9.80 Å². The number of ether oxygens (including phenoxy) is 1. The summed E-state index contributed by atoms with van der Waals surface area (Å²) in [5, 5.41) is 0.335. The molecule has 36 heavy (non-hydrogen) atoms. The Labute approximate surface area is 210 Å². The molecule has 4 aromatic carbocycles. The molecule has 0 fully saturated rings. The van der Waals surface area contributed by atoms with E-state index in [2.05, 4.69) is 0 Å². The van der Waals surface area contributed by atoms with E-state index in [1.54, 1.807) is 24.3 Å². The van der Waals surface area contributed by atoms with Crippen LogP contribution >= 0.6 is 11.6 Å². The first-order valence-electron chi connectivity index (χ1n) is 11.0. The molecule has 4 amide bonds. The van der Waals surface area contributed by atoms with E-state index in [1.807, 2.05) is 30.3 Å². The molecule has 7 nitrogen and oxygen atoms in total. The van der Waals surface area contributed by atoms with Gasteiger partial charge in [-0.2, -0.15) is 0 Å². The van der Waals surface area contributed by atoms with Gasteiger partial charge in [0.2, 0.25) is 0 Å².